The van der Waals surface area contributed by atoms with Crippen molar-refractivity contribution in [1.29, 1.82) is 0 Å². The first-order valence-corrected chi connectivity index (χ1v) is 8.58. The molecular formula is C20H22N2O4. The van der Waals surface area contributed by atoms with Gasteiger partial charge in [0.2, 0.25) is 0 Å². The Morgan fingerprint density at radius 2 is 2.04 bits per heavy atom. The number of hydrogen-bond acceptors (Lipinski definition) is 5. The second kappa shape index (κ2) is 8.49. The predicted molar refractivity (Wildman–Crippen MR) is 98.1 cm³/mol. The number of pyridine rings is 1. The zero-order valence-corrected chi connectivity index (χ0v) is 14.7. The lowest BCUT2D eigenvalue weighted by Crippen LogP contribution is -2.11. The molecule has 0 saturated carbocycles. The van der Waals surface area contributed by atoms with Gasteiger partial charge in [0, 0.05) is 24.8 Å². The van der Waals surface area contributed by atoms with Crippen LogP contribution in [0.25, 0.3) is 11.0 Å². The highest BCUT2D eigenvalue weighted by molar-refractivity contribution is 6.06. The quantitative estimate of drug-likeness (QED) is 0.773. The van der Waals surface area contributed by atoms with Gasteiger partial charge in [-0.2, -0.15) is 0 Å². The van der Waals surface area contributed by atoms with E-state index >= 15 is 0 Å². The number of aryl methyl sites for hydroxylation is 1. The highest BCUT2D eigenvalue weighted by atomic mass is 16.5. The number of ether oxygens (including phenoxy) is 2. The number of aromatic nitrogens is 1. The first-order valence-electron chi connectivity index (χ1n) is 8.58. The molecule has 0 radical (unpaired) electrons. The first-order chi connectivity index (χ1) is 12.6. The summed E-state index contributed by atoms with van der Waals surface area (Å²) in [5.74, 6) is 0.643. The molecule has 1 aliphatic rings. The van der Waals surface area contributed by atoms with E-state index in [2.05, 4.69) is 4.98 Å². The highest BCUT2D eigenvalue weighted by Gasteiger charge is 2.16. The van der Waals surface area contributed by atoms with Gasteiger partial charge in [-0.05, 0) is 50.1 Å². The Balaban J connectivity index is 0.000000339. The summed E-state index contributed by atoms with van der Waals surface area (Å²) in [7, 11) is 0. The van der Waals surface area contributed by atoms with Crippen LogP contribution in [0.2, 0.25) is 0 Å². The van der Waals surface area contributed by atoms with Crippen molar-refractivity contribution >= 4 is 16.9 Å². The van der Waals surface area contributed by atoms with Gasteiger partial charge in [0.15, 0.2) is 0 Å². The summed E-state index contributed by atoms with van der Waals surface area (Å²) in [5.41, 5.74) is 7.23. The lowest BCUT2D eigenvalue weighted by atomic mass is 10.1. The molecule has 2 N–H and O–H groups in total. The van der Waals surface area contributed by atoms with Crippen LogP contribution in [0.3, 0.4) is 0 Å². The number of hydrogen-bond donors (Lipinski definition) is 1. The SMILES string of the molecule is C1CCOC1.Cc1oc2ccc(OCc3ccccn3)cc2c1C(N)=O. The fourth-order valence-corrected chi connectivity index (χ4v) is 2.75. The van der Waals surface area contributed by atoms with Gasteiger partial charge in [0.1, 0.15) is 23.7 Å². The third kappa shape index (κ3) is 4.40. The molecule has 1 amide bonds. The molecule has 0 aliphatic carbocycles. The Kier molecular flexibility index (Phi) is 5.86. The highest BCUT2D eigenvalue weighted by Crippen LogP contribution is 2.29. The summed E-state index contributed by atoms with van der Waals surface area (Å²) >= 11 is 0. The van der Waals surface area contributed by atoms with Gasteiger partial charge >= 0.3 is 0 Å². The van der Waals surface area contributed by atoms with Crippen LogP contribution in [0, 0.1) is 6.92 Å². The van der Waals surface area contributed by atoms with Gasteiger partial charge in [-0.3, -0.25) is 9.78 Å². The minimum absolute atomic E-state index is 0.356. The van der Waals surface area contributed by atoms with Crippen LogP contribution in [0.15, 0.2) is 47.0 Å². The molecule has 0 unspecified atom stereocenters. The Morgan fingerprint density at radius 1 is 1.23 bits per heavy atom. The van der Waals surface area contributed by atoms with Crippen molar-refractivity contribution in [2.24, 2.45) is 5.73 Å². The molecule has 136 valence electrons. The maximum absolute atomic E-state index is 11.5. The van der Waals surface area contributed by atoms with E-state index in [9.17, 15) is 4.79 Å². The maximum Gasteiger partial charge on any atom is 0.252 e. The average molecular weight is 354 g/mol. The zero-order chi connectivity index (χ0) is 18.4. The van der Waals surface area contributed by atoms with Crippen molar-refractivity contribution in [3.63, 3.8) is 0 Å². The van der Waals surface area contributed by atoms with Gasteiger partial charge in [0.25, 0.3) is 5.91 Å². The Morgan fingerprint density at radius 3 is 2.65 bits per heavy atom. The molecule has 1 aromatic carbocycles. The fourth-order valence-electron chi connectivity index (χ4n) is 2.75. The zero-order valence-electron chi connectivity index (χ0n) is 14.7. The monoisotopic (exact) mass is 354 g/mol. The molecule has 4 rings (SSSR count). The third-order valence-corrected chi connectivity index (χ3v) is 4.02. The molecule has 6 nitrogen and oxygen atoms in total. The molecular weight excluding hydrogens is 332 g/mol. The topological polar surface area (TPSA) is 87.6 Å². The summed E-state index contributed by atoms with van der Waals surface area (Å²) in [4.78, 5) is 15.7. The van der Waals surface area contributed by atoms with E-state index in [0.29, 0.717) is 34.6 Å². The van der Waals surface area contributed by atoms with Crippen LogP contribution in [0.5, 0.6) is 5.75 Å². The number of furan rings is 1. The van der Waals surface area contributed by atoms with Crippen LogP contribution < -0.4 is 10.5 Å². The van der Waals surface area contributed by atoms with E-state index < -0.39 is 5.91 Å². The maximum atomic E-state index is 11.5. The van der Waals surface area contributed by atoms with Crippen molar-refractivity contribution in [3.8, 4) is 5.75 Å². The molecule has 1 fully saturated rings. The third-order valence-electron chi connectivity index (χ3n) is 4.02. The van der Waals surface area contributed by atoms with E-state index in [1.165, 1.54) is 12.8 Å². The Hall–Kier alpha value is -2.86. The van der Waals surface area contributed by atoms with Crippen molar-refractivity contribution in [3.05, 3.63) is 59.6 Å². The Bertz CT molecular complexity index is 863. The lowest BCUT2D eigenvalue weighted by molar-refractivity contribution is 0.1000. The molecule has 6 heteroatoms. The first kappa shape index (κ1) is 17.9. The van der Waals surface area contributed by atoms with Gasteiger partial charge in [-0.25, -0.2) is 0 Å². The van der Waals surface area contributed by atoms with Gasteiger partial charge in [-0.1, -0.05) is 6.07 Å². The molecule has 2 aromatic heterocycles. The normalized spacial score (nSPS) is 13.3. The second-order valence-corrected chi connectivity index (χ2v) is 5.98. The molecule has 26 heavy (non-hydrogen) atoms. The van der Waals surface area contributed by atoms with Gasteiger partial charge < -0.3 is 19.6 Å². The van der Waals surface area contributed by atoms with Gasteiger partial charge in [-0.15, -0.1) is 0 Å². The van der Waals surface area contributed by atoms with Crippen molar-refractivity contribution in [1.82, 2.24) is 4.98 Å². The number of carbonyl (C=O) groups is 1. The van der Waals surface area contributed by atoms with Crippen molar-refractivity contribution in [2.75, 3.05) is 13.2 Å². The molecule has 3 aromatic rings. The van der Waals surface area contributed by atoms with Crippen molar-refractivity contribution < 1.29 is 18.7 Å². The summed E-state index contributed by atoms with van der Waals surface area (Å²) < 4.78 is 16.1. The summed E-state index contributed by atoms with van der Waals surface area (Å²) in [6.45, 7) is 4.07. The summed E-state index contributed by atoms with van der Waals surface area (Å²) in [6, 6.07) is 11.0. The smallest absolute Gasteiger partial charge is 0.252 e. The van der Waals surface area contributed by atoms with Crippen LogP contribution in [0.4, 0.5) is 0 Å². The van der Waals surface area contributed by atoms with E-state index in [4.69, 9.17) is 19.6 Å². The van der Waals surface area contributed by atoms with E-state index in [1.807, 2.05) is 18.2 Å². The number of primary amides is 1. The summed E-state index contributed by atoms with van der Waals surface area (Å²) in [6.07, 6.45) is 4.27. The largest absolute Gasteiger partial charge is 0.487 e. The fraction of sp³-hybridized carbons (Fsp3) is 0.300. The number of carbonyl (C=O) groups excluding carboxylic acids is 1. The Labute approximate surface area is 151 Å². The number of benzene rings is 1. The van der Waals surface area contributed by atoms with Gasteiger partial charge in [0.05, 0.1) is 11.3 Å². The number of amides is 1. The van der Waals surface area contributed by atoms with Crippen LogP contribution in [-0.2, 0) is 11.3 Å². The minimum atomic E-state index is -0.506. The predicted octanol–water partition coefficient (Wildman–Crippen LogP) is 3.61. The van der Waals surface area contributed by atoms with Crippen molar-refractivity contribution in [2.45, 2.75) is 26.4 Å². The minimum Gasteiger partial charge on any atom is -0.487 e. The lowest BCUT2D eigenvalue weighted by Gasteiger charge is -2.05. The molecule has 0 spiro atoms. The van der Waals surface area contributed by atoms with Crippen LogP contribution in [0.1, 0.15) is 34.7 Å². The molecule has 0 atom stereocenters. The van der Waals surface area contributed by atoms with E-state index in [-0.39, 0.29) is 0 Å². The molecule has 0 bridgehead atoms. The number of nitrogens with zero attached hydrogens (tertiary/aromatic N) is 1. The van der Waals surface area contributed by atoms with E-state index in [0.717, 1.165) is 18.9 Å². The number of rotatable bonds is 4. The van der Waals surface area contributed by atoms with Crippen LogP contribution in [-0.4, -0.2) is 24.1 Å². The van der Waals surface area contributed by atoms with E-state index in [1.54, 1.807) is 31.3 Å². The standard InChI is InChI=1S/C16H14N2O3.C4H8O/c1-10-15(16(17)19)13-8-12(5-6-14(13)21-10)20-9-11-4-2-3-7-18-11;1-2-4-5-3-1/h2-8H,9H2,1H3,(H2,17,19);1-4H2. The van der Waals surface area contributed by atoms with Crippen LogP contribution >= 0.6 is 0 Å². The molecule has 1 aliphatic heterocycles. The number of nitrogens with two attached hydrogens (primary N) is 1. The number of fused-ring (bicyclic) bond motifs is 1. The average Bonchev–Trinajstić information content (AvgIpc) is 3.31. The second-order valence-electron chi connectivity index (χ2n) is 5.98. The summed E-state index contributed by atoms with van der Waals surface area (Å²) in [5, 5.41) is 0.665. The molecule has 3 heterocycles. The molecule has 1 saturated heterocycles.